The van der Waals surface area contributed by atoms with Crippen LogP contribution in [0.15, 0.2) is 24.3 Å². The van der Waals surface area contributed by atoms with Gasteiger partial charge in [0.1, 0.15) is 11.9 Å². The Kier molecular flexibility index (Phi) is 4.88. The first-order valence-electron chi connectivity index (χ1n) is 7.02. The van der Waals surface area contributed by atoms with Gasteiger partial charge in [-0.25, -0.2) is 0 Å². The first kappa shape index (κ1) is 13.2. The Morgan fingerprint density at radius 3 is 2.50 bits per heavy atom. The predicted octanol–water partition coefficient (Wildman–Crippen LogP) is 2.91. The molecule has 2 N–H and O–H groups in total. The molecule has 0 unspecified atom stereocenters. The zero-order valence-electron chi connectivity index (χ0n) is 11.3. The minimum atomic E-state index is 0.367. The molecule has 3 nitrogen and oxygen atoms in total. The second-order valence-corrected chi connectivity index (χ2v) is 5.08. The summed E-state index contributed by atoms with van der Waals surface area (Å²) < 4.78 is 5.98. The Bertz CT molecular complexity index is 342. The summed E-state index contributed by atoms with van der Waals surface area (Å²) in [6.45, 7) is 5.82. The highest BCUT2D eigenvalue weighted by Crippen LogP contribution is 2.20. The molecule has 0 aliphatic carbocycles. The highest BCUT2D eigenvalue weighted by Gasteiger charge is 2.19. The van der Waals surface area contributed by atoms with E-state index in [2.05, 4.69) is 11.8 Å². The van der Waals surface area contributed by atoms with Crippen LogP contribution in [0.3, 0.4) is 0 Å². The lowest BCUT2D eigenvalue weighted by molar-refractivity contribution is 0.0998. The Labute approximate surface area is 110 Å². The van der Waals surface area contributed by atoms with Gasteiger partial charge in [-0.15, -0.1) is 0 Å². The van der Waals surface area contributed by atoms with Gasteiger partial charge in [-0.05, 0) is 50.1 Å². The third-order valence-corrected chi connectivity index (χ3v) is 3.55. The van der Waals surface area contributed by atoms with Crippen LogP contribution in [-0.2, 0) is 0 Å². The van der Waals surface area contributed by atoms with Gasteiger partial charge in [0.05, 0.1) is 0 Å². The fourth-order valence-electron chi connectivity index (χ4n) is 2.37. The molecule has 0 radical (unpaired) electrons. The fraction of sp³-hybridized carbons (Fsp3) is 0.600. The van der Waals surface area contributed by atoms with Crippen molar-refractivity contribution in [3.8, 4) is 5.75 Å². The maximum absolute atomic E-state index is 5.98. The molecule has 1 aromatic carbocycles. The molecule has 0 saturated carbocycles. The molecule has 0 amide bonds. The number of nitrogens with two attached hydrogens (primary N) is 1. The number of rotatable bonds is 5. The van der Waals surface area contributed by atoms with Crippen LogP contribution < -0.4 is 10.5 Å². The van der Waals surface area contributed by atoms with Crippen molar-refractivity contribution in [1.29, 1.82) is 0 Å². The molecule has 0 spiro atoms. The third-order valence-electron chi connectivity index (χ3n) is 3.55. The van der Waals surface area contributed by atoms with E-state index in [0.29, 0.717) is 6.10 Å². The van der Waals surface area contributed by atoms with E-state index < -0.39 is 0 Å². The molecular formula is C15H24N2O. The van der Waals surface area contributed by atoms with Crippen LogP contribution >= 0.6 is 0 Å². The van der Waals surface area contributed by atoms with Gasteiger partial charge in [-0.3, -0.25) is 0 Å². The third kappa shape index (κ3) is 3.91. The van der Waals surface area contributed by atoms with Gasteiger partial charge in [0.15, 0.2) is 0 Å². The minimum Gasteiger partial charge on any atom is -0.490 e. The molecule has 0 bridgehead atoms. The summed E-state index contributed by atoms with van der Waals surface area (Å²) >= 11 is 0. The Hall–Kier alpha value is -1.22. The quantitative estimate of drug-likeness (QED) is 0.814. The summed E-state index contributed by atoms with van der Waals surface area (Å²) in [4.78, 5) is 2.55. The number of nitrogen functional groups attached to an aromatic ring is 1. The van der Waals surface area contributed by atoms with Crippen LogP contribution in [-0.4, -0.2) is 30.6 Å². The molecule has 1 fully saturated rings. The SMILES string of the molecule is CCCCN1CCC(Oc2ccc(N)cc2)CC1. The van der Waals surface area contributed by atoms with Crippen molar-refractivity contribution < 1.29 is 4.74 Å². The highest BCUT2D eigenvalue weighted by atomic mass is 16.5. The molecule has 3 heteroatoms. The summed E-state index contributed by atoms with van der Waals surface area (Å²) in [5, 5.41) is 0. The molecule has 1 heterocycles. The van der Waals surface area contributed by atoms with E-state index in [9.17, 15) is 0 Å². The molecule has 1 saturated heterocycles. The Morgan fingerprint density at radius 1 is 1.22 bits per heavy atom. The number of anilines is 1. The van der Waals surface area contributed by atoms with Gasteiger partial charge in [0.2, 0.25) is 0 Å². The summed E-state index contributed by atoms with van der Waals surface area (Å²) in [5.74, 6) is 0.941. The van der Waals surface area contributed by atoms with Crippen LogP contribution in [0.25, 0.3) is 0 Å². The molecule has 0 aromatic heterocycles. The van der Waals surface area contributed by atoms with Gasteiger partial charge in [-0.2, -0.15) is 0 Å². The van der Waals surface area contributed by atoms with E-state index in [1.807, 2.05) is 24.3 Å². The number of benzene rings is 1. The number of hydrogen-bond donors (Lipinski definition) is 1. The van der Waals surface area contributed by atoms with E-state index in [-0.39, 0.29) is 0 Å². The van der Waals surface area contributed by atoms with Crippen molar-refractivity contribution in [2.45, 2.75) is 38.7 Å². The van der Waals surface area contributed by atoms with Gasteiger partial charge in [0.25, 0.3) is 0 Å². The number of hydrogen-bond acceptors (Lipinski definition) is 3. The standard InChI is InChI=1S/C15H24N2O/c1-2-3-10-17-11-8-15(9-12-17)18-14-6-4-13(16)5-7-14/h4-7,15H,2-3,8-12,16H2,1H3. The number of unbranched alkanes of at least 4 members (excludes halogenated alkanes) is 1. The van der Waals surface area contributed by atoms with Crippen molar-refractivity contribution in [2.75, 3.05) is 25.4 Å². The molecule has 1 aromatic rings. The van der Waals surface area contributed by atoms with Crippen LogP contribution in [0.1, 0.15) is 32.6 Å². The maximum Gasteiger partial charge on any atom is 0.119 e. The molecule has 2 rings (SSSR count). The van der Waals surface area contributed by atoms with Gasteiger partial charge in [0, 0.05) is 18.8 Å². The monoisotopic (exact) mass is 248 g/mol. The second kappa shape index (κ2) is 6.64. The lowest BCUT2D eigenvalue weighted by Crippen LogP contribution is -2.38. The fourth-order valence-corrected chi connectivity index (χ4v) is 2.37. The molecule has 0 atom stereocenters. The largest absolute Gasteiger partial charge is 0.490 e. The first-order chi connectivity index (χ1) is 8.78. The lowest BCUT2D eigenvalue weighted by Gasteiger charge is -2.32. The normalized spacial score (nSPS) is 17.8. The van der Waals surface area contributed by atoms with E-state index in [4.69, 9.17) is 10.5 Å². The lowest BCUT2D eigenvalue weighted by atomic mass is 10.1. The summed E-state index contributed by atoms with van der Waals surface area (Å²) in [6.07, 6.45) is 5.22. The van der Waals surface area contributed by atoms with Crippen molar-refractivity contribution in [1.82, 2.24) is 4.90 Å². The number of ether oxygens (including phenoxy) is 1. The summed E-state index contributed by atoms with van der Waals surface area (Å²) in [5.41, 5.74) is 6.45. The molecular weight excluding hydrogens is 224 g/mol. The van der Waals surface area contributed by atoms with E-state index >= 15 is 0 Å². The molecule has 1 aliphatic rings. The predicted molar refractivity (Wildman–Crippen MR) is 75.9 cm³/mol. The summed E-state index contributed by atoms with van der Waals surface area (Å²) in [6, 6.07) is 7.70. The average molecular weight is 248 g/mol. The summed E-state index contributed by atoms with van der Waals surface area (Å²) in [7, 11) is 0. The number of likely N-dealkylation sites (tertiary alicyclic amines) is 1. The van der Waals surface area contributed by atoms with Crippen LogP contribution in [0, 0.1) is 0 Å². The maximum atomic E-state index is 5.98. The van der Waals surface area contributed by atoms with Crippen molar-refractivity contribution in [2.24, 2.45) is 0 Å². The van der Waals surface area contributed by atoms with Gasteiger partial charge >= 0.3 is 0 Å². The second-order valence-electron chi connectivity index (χ2n) is 5.08. The van der Waals surface area contributed by atoms with Crippen molar-refractivity contribution in [3.05, 3.63) is 24.3 Å². The van der Waals surface area contributed by atoms with E-state index in [0.717, 1.165) is 24.3 Å². The molecule has 100 valence electrons. The Balaban J connectivity index is 1.74. The van der Waals surface area contributed by atoms with Crippen molar-refractivity contribution in [3.63, 3.8) is 0 Å². The Morgan fingerprint density at radius 2 is 1.89 bits per heavy atom. The number of piperidine rings is 1. The zero-order valence-corrected chi connectivity index (χ0v) is 11.3. The van der Waals surface area contributed by atoms with Gasteiger partial charge < -0.3 is 15.4 Å². The van der Waals surface area contributed by atoms with E-state index in [1.165, 1.54) is 32.5 Å². The first-order valence-corrected chi connectivity index (χ1v) is 7.02. The van der Waals surface area contributed by atoms with E-state index in [1.54, 1.807) is 0 Å². The molecule has 18 heavy (non-hydrogen) atoms. The van der Waals surface area contributed by atoms with Crippen LogP contribution in [0.4, 0.5) is 5.69 Å². The van der Waals surface area contributed by atoms with Crippen LogP contribution in [0.2, 0.25) is 0 Å². The molecule has 1 aliphatic heterocycles. The minimum absolute atomic E-state index is 0.367. The topological polar surface area (TPSA) is 38.5 Å². The number of nitrogens with zero attached hydrogens (tertiary/aromatic N) is 1. The smallest absolute Gasteiger partial charge is 0.119 e. The zero-order chi connectivity index (χ0) is 12.8. The van der Waals surface area contributed by atoms with Gasteiger partial charge in [-0.1, -0.05) is 13.3 Å². The highest BCUT2D eigenvalue weighted by molar-refractivity contribution is 5.41. The van der Waals surface area contributed by atoms with Crippen molar-refractivity contribution >= 4 is 5.69 Å². The van der Waals surface area contributed by atoms with Crippen LogP contribution in [0.5, 0.6) is 5.75 Å². The average Bonchev–Trinajstić information content (AvgIpc) is 2.41.